The summed E-state index contributed by atoms with van der Waals surface area (Å²) in [5.41, 5.74) is 8.70. The van der Waals surface area contributed by atoms with Crippen molar-refractivity contribution in [3.8, 4) is 0 Å². The average Bonchev–Trinajstić information content (AvgIpc) is 3.08. The zero-order valence-corrected chi connectivity index (χ0v) is 18.1. The van der Waals surface area contributed by atoms with Gasteiger partial charge in [0.15, 0.2) is 5.65 Å². The summed E-state index contributed by atoms with van der Waals surface area (Å²) < 4.78 is 28.3. The number of halogens is 1. The van der Waals surface area contributed by atoms with E-state index in [4.69, 9.17) is 17.3 Å². The summed E-state index contributed by atoms with van der Waals surface area (Å²) in [6.07, 6.45) is 1.56. The number of hydrogen-bond acceptors (Lipinski definition) is 6. The number of sulfone groups is 1. The number of benzene rings is 3. The molecule has 5 rings (SSSR count). The Bertz CT molecular complexity index is 1600. The predicted octanol–water partition coefficient (Wildman–Crippen LogP) is 4.54. The lowest BCUT2D eigenvalue weighted by atomic mass is 10.2. The van der Waals surface area contributed by atoms with E-state index in [2.05, 4.69) is 15.1 Å². The fourth-order valence-electron chi connectivity index (χ4n) is 3.39. The van der Waals surface area contributed by atoms with Crippen LogP contribution in [0.2, 0.25) is 5.02 Å². The summed E-state index contributed by atoms with van der Waals surface area (Å²) in [6, 6.07) is 22.3. The second-order valence-corrected chi connectivity index (χ2v) is 9.35. The van der Waals surface area contributed by atoms with E-state index < -0.39 is 9.84 Å². The molecule has 3 aromatic carbocycles. The van der Waals surface area contributed by atoms with Gasteiger partial charge in [-0.1, -0.05) is 54.1 Å². The van der Waals surface area contributed by atoms with Crippen LogP contribution in [0.25, 0.3) is 22.2 Å². The summed E-state index contributed by atoms with van der Waals surface area (Å²) in [7, 11) is -3.97. The van der Waals surface area contributed by atoms with Crippen LogP contribution in [0.3, 0.4) is 0 Å². The van der Waals surface area contributed by atoms with Gasteiger partial charge in [0, 0.05) is 5.02 Å². The van der Waals surface area contributed by atoms with Gasteiger partial charge in [-0.2, -0.15) is 9.78 Å². The molecular weight excluding hydrogens is 446 g/mol. The Balaban J connectivity index is 1.79. The summed E-state index contributed by atoms with van der Waals surface area (Å²) >= 11 is 5.94. The highest BCUT2D eigenvalue weighted by Crippen LogP contribution is 2.35. The van der Waals surface area contributed by atoms with Crippen LogP contribution in [-0.4, -0.2) is 29.3 Å². The maximum atomic E-state index is 13.5. The fraction of sp³-hybridized carbons (Fsp3) is 0. The number of fused-ring (bicyclic) bond motifs is 2. The molecule has 0 aliphatic heterocycles. The molecular formula is C23H16ClN5O2S. The van der Waals surface area contributed by atoms with Crippen molar-refractivity contribution in [2.75, 3.05) is 5.73 Å². The van der Waals surface area contributed by atoms with E-state index in [1.165, 1.54) is 16.8 Å². The maximum absolute atomic E-state index is 13.5. The molecule has 5 aromatic rings. The first kappa shape index (κ1) is 20.2. The molecule has 0 spiro atoms. The van der Waals surface area contributed by atoms with Crippen LogP contribution in [0.5, 0.6) is 0 Å². The van der Waals surface area contributed by atoms with Crippen LogP contribution >= 0.6 is 11.6 Å². The summed E-state index contributed by atoms with van der Waals surface area (Å²) in [5.74, 6) is -0.0654. The molecule has 0 radical (unpaired) electrons. The van der Waals surface area contributed by atoms with Crippen molar-refractivity contribution in [2.45, 2.75) is 9.79 Å². The molecule has 9 heteroatoms. The predicted molar refractivity (Wildman–Crippen MR) is 126 cm³/mol. The Morgan fingerprint density at radius 2 is 1.50 bits per heavy atom. The van der Waals surface area contributed by atoms with Crippen LogP contribution < -0.4 is 5.73 Å². The topological polar surface area (TPSA) is 103 Å². The molecule has 2 N–H and O–H groups in total. The summed E-state index contributed by atoms with van der Waals surface area (Å²) in [6.45, 7) is 0. The fourth-order valence-corrected chi connectivity index (χ4v) is 5.03. The van der Waals surface area contributed by atoms with Crippen molar-refractivity contribution in [1.29, 1.82) is 0 Å². The molecule has 0 saturated carbocycles. The minimum absolute atomic E-state index is 0.0654. The largest absolute Gasteiger partial charge is 0.382 e. The van der Waals surface area contributed by atoms with Crippen LogP contribution in [0, 0.1) is 0 Å². The molecule has 158 valence electrons. The van der Waals surface area contributed by atoms with E-state index in [-0.39, 0.29) is 26.8 Å². The van der Waals surface area contributed by atoms with Crippen molar-refractivity contribution in [2.24, 2.45) is 5.10 Å². The highest BCUT2D eigenvalue weighted by atomic mass is 35.5. The van der Waals surface area contributed by atoms with Gasteiger partial charge < -0.3 is 5.73 Å². The van der Waals surface area contributed by atoms with Crippen molar-refractivity contribution in [1.82, 2.24) is 14.6 Å². The first-order valence-electron chi connectivity index (χ1n) is 9.62. The van der Waals surface area contributed by atoms with E-state index >= 15 is 0 Å². The number of rotatable bonds is 4. The third kappa shape index (κ3) is 3.39. The van der Waals surface area contributed by atoms with Crippen molar-refractivity contribution in [3.05, 3.63) is 89.4 Å². The Kier molecular flexibility index (Phi) is 4.88. The first-order valence-corrected chi connectivity index (χ1v) is 11.5. The van der Waals surface area contributed by atoms with Crippen molar-refractivity contribution in [3.63, 3.8) is 0 Å². The van der Waals surface area contributed by atoms with Gasteiger partial charge in [0.05, 0.1) is 22.1 Å². The number of nitrogens with zero attached hydrogens (tertiary/aromatic N) is 4. The Labute approximate surface area is 188 Å². The third-order valence-electron chi connectivity index (χ3n) is 4.94. The molecule has 2 heterocycles. The van der Waals surface area contributed by atoms with Crippen molar-refractivity contribution >= 4 is 55.7 Å². The number of nitrogens with two attached hydrogens (primary N) is 1. The number of para-hydroxylation sites is 2. The van der Waals surface area contributed by atoms with Crippen LogP contribution in [0.4, 0.5) is 5.82 Å². The minimum Gasteiger partial charge on any atom is -0.382 e. The smallest absolute Gasteiger partial charge is 0.212 e. The number of nitrogen functional groups attached to an aromatic ring is 1. The SMILES string of the molecule is Nc1c(S(=O)(=O)c2ccccc2)c2nc3ccccc3nc2n1/N=C\c1ccc(Cl)cc1. The zero-order valence-electron chi connectivity index (χ0n) is 16.6. The van der Waals surface area contributed by atoms with Gasteiger partial charge in [-0.15, -0.1) is 0 Å². The molecule has 0 amide bonds. The van der Waals surface area contributed by atoms with Gasteiger partial charge >= 0.3 is 0 Å². The molecule has 0 aliphatic rings. The minimum atomic E-state index is -3.97. The Hall–Kier alpha value is -3.75. The van der Waals surface area contributed by atoms with E-state index in [0.29, 0.717) is 16.1 Å². The Morgan fingerprint density at radius 1 is 0.875 bits per heavy atom. The second kappa shape index (κ2) is 7.74. The lowest BCUT2D eigenvalue weighted by Gasteiger charge is -2.04. The highest BCUT2D eigenvalue weighted by Gasteiger charge is 2.30. The van der Waals surface area contributed by atoms with Gasteiger partial charge in [0.25, 0.3) is 0 Å². The molecule has 32 heavy (non-hydrogen) atoms. The normalized spacial score (nSPS) is 12.2. The van der Waals surface area contributed by atoms with E-state index in [0.717, 1.165) is 5.56 Å². The highest BCUT2D eigenvalue weighted by molar-refractivity contribution is 7.92. The number of aromatic nitrogens is 3. The van der Waals surface area contributed by atoms with Crippen LogP contribution in [-0.2, 0) is 9.84 Å². The first-order chi connectivity index (χ1) is 15.4. The lowest BCUT2D eigenvalue weighted by Crippen LogP contribution is -2.06. The van der Waals surface area contributed by atoms with Gasteiger partial charge in [0.2, 0.25) is 9.84 Å². The van der Waals surface area contributed by atoms with Gasteiger partial charge in [0.1, 0.15) is 16.2 Å². The summed E-state index contributed by atoms with van der Waals surface area (Å²) in [5, 5.41) is 5.02. The molecule has 0 atom stereocenters. The summed E-state index contributed by atoms with van der Waals surface area (Å²) in [4.78, 5) is 9.19. The Morgan fingerprint density at radius 3 is 2.19 bits per heavy atom. The van der Waals surface area contributed by atoms with Crippen LogP contribution in [0.15, 0.2) is 93.8 Å². The average molecular weight is 462 g/mol. The molecule has 7 nitrogen and oxygen atoms in total. The van der Waals surface area contributed by atoms with E-state index in [1.54, 1.807) is 60.8 Å². The van der Waals surface area contributed by atoms with E-state index in [9.17, 15) is 8.42 Å². The monoisotopic (exact) mass is 461 g/mol. The van der Waals surface area contributed by atoms with Gasteiger partial charge in [-0.3, -0.25) is 0 Å². The number of hydrogen-bond donors (Lipinski definition) is 1. The van der Waals surface area contributed by atoms with Gasteiger partial charge in [-0.25, -0.2) is 18.4 Å². The molecule has 0 fully saturated rings. The lowest BCUT2D eigenvalue weighted by molar-refractivity contribution is 0.597. The molecule has 2 aromatic heterocycles. The second-order valence-electron chi connectivity index (χ2n) is 7.02. The standard InChI is InChI=1S/C23H16ClN5O2S/c24-16-12-10-15(11-13-16)14-26-29-22(25)21(32(30,31)17-6-2-1-3-7-17)20-23(29)28-19-9-5-4-8-18(19)27-20/h1-14H,25H2/b26-14-. The van der Waals surface area contributed by atoms with Gasteiger partial charge in [-0.05, 0) is 42.0 Å². The van der Waals surface area contributed by atoms with E-state index in [1.807, 2.05) is 12.1 Å². The zero-order chi connectivity index (χ0) is 22.3. The molecule has 0 unspecified atom stereocenters. The quantitative estimate of drug-likeness (QED) is 0.396. The third-order valence-corrected chi connectivity index (χ3v) is 7.03. The van der Waals surface area contributed by atoms with Crippen molar-refractivity contribution < 1.29 is 8.42 Å². The molecule has 0 bridgehead atoms. The van der Waals surface area contributed by atoms with Crippen LogP contribution in [0.1, 0.15) is 5.56 Å². The maximum Gasteiger partial charge on any atom is 0.212 e. The molecule has 0 aliphatic carbocycles. The molecule has 0 saturated heterocycles. The number of anilines is 1.